The third-order valence-corrected chi connectivity index (χ3v) is 12.0. The number of benzene rings is 2. The highest BCUT2D eigenvalue weighted by Gasteiger charge is 2.20. The third-order valence-electron chi connectivity index (χ3n) is 4.81. The average Bonchev–Trinajstić information content (AvgIpc) is 2.71. The van der Waals surface area contributed by atoms with E-state index in [2.05, 4.69) is 172 Å². The summed E-state index contributed by atoms with van der Waals surface area (Å²) in [6.07, 6.45) is 0. The Morgan fingerprint density at radius 3 is 1.12 bits per heavy atom. The van der Waals surface area contributed by atoms with Crippen LogP contribution in [0.5, 0.6) is 11.5 Å². The molecule has 0 spiro atoms. The normalized spacial score (nSPS) is 16.2. The van der Waals surface area contributed by atoms with E-state index >= 15 is 0 Å². The van der Waals surface area contributed by atoms with Crippen LogP contribution in [0.2, 0.25) is 0 Å². The minimum atomic E-state index is 0.163. The van der Waals surface area contributed by atoms with Gasteiger partial charge in [0.2, 0.25) is 0 Å². The lowest BCUT2D eigenvalue weighted by molar-refractivity contribution is 0.315. The Kier molecular flexibility index (Phi) is 13.2. The maximum atomic E-state index is 6.04. The minimum Gasteiger partial charge on any atom is -0.490 e. The van der Waals surface area contributed by atoms with E-state index in [-0.39, 0.29) is 15.6 Å². The molecular weight excluding hydrogens is 935 g/mol. The Morgan fingerprint density at radius 1 is 0.594 bits per heavy atom. The molecule has 0 aromatic heterocycles. The number of alkyl halides is 4. The first-order valence-corrected chi connectivity index (χ1v) is 16.6. The van der Waals surface area contributed by atoms with Gasteiger partial charge in [-0.15, -0.1) is 0 Å². The van der Waals surface area contributed by atoms with Crippen molar-refractivity contribution in [1.29, 1.82) is 0 Å². The molecule has 0 fully saturated rings. The molecule has 2 aromatic rings. The summed E-state index contributed by atoms with van der Waals surface area (Å²) < 4.78 is 15.7. The van der Waals surface area contributed by atoms with Gasteiger partial charge in [0.15, 0.2) is 0 Å². The van der Waals surface area contributed by atoms with Crippen molar-refractivity contribution in [2.75, 3.05) is 13.2 Å². The Labute approximate surface area is 257 Å². The van der Waals surface area contributed by atoms with Gasteiger partial charge in [-0.1, -0.05) is 84.5 Å². The van der Waals surface area contributed by atoms with Crippen LogP contribution >= 0.6 is 127 Å². The predicted octanol–water partition coefficient (Wildman–Crippen LogP) is 10.7. The number of hydrogen-bond donors (Lipinski definition) is 0. The molecule has 10 heteroatoms. The topological polar surface area (TPSA) is 18.5 Å². The third kappa shape index (κ3) is 8.48. The molecule has 0 radical (unpaired) electrons. The summed E-state index contributed by atoms with van der Waals surface area (Å²) in [5.74, 6) is 1.77. The summed E-state index contributed by atoms with van der Waals surface area (Å²) in [5.41, 5.74) is 2.34. The molecule has 0 amide bonds. The van der Waals surface area contributed by atoms with Crippen molar-refractivity contribution in [2.45, 2.75) is 46.0 Å². The largest absolute Gasteiger partial charge is 0.490 e. The van der Waals surface area contributed by atoms with Crippen molar-refractivity contribution in [3.05, 3.63) is 53.3 Å². The number of hydrogen-bond acceptors (Lipinski definition) is 2. The second-order valence-electron chi connectivity index (χ2n) is 7.36. The van der Waals surface area contributed by atoms with E-state index in [4.69, 9.17) is 9.47 Å². The van der Waals surface area contributed by atoms with Crippen molar-refractivity contribution in [3.63, 3.8) is 0 Å². The highest BCUT2D eigenvalue weighted by molar-refractivity contribution is 9.13. The molecular formula is C22H22Br8O2. The molecule has 0 aliphatic carbocycles. The van der Waals surface area contributed by atoms with Gasteiger partial charge in [-0.25, -0.2) is 0 Å². The lowest BCUT2D eigenvalue weighted by atomic mass is 9.93. The lowest BCUT2D eigenvalue weighted by Crippen LogP contribution is -2.19. The van der Waals surface area contributed by atoms with Gasteiger partial charge in [-0.05, 0) is 99.1 Å². The SMILES string of the molecule is CC(c1cc(Br)c(OCC(Br)C(C)Br)c(Br)c1)c1cc(Br)c(OCC(Br)C(C)Br)c(Br)c1. The molecule has 178 valence electrons. The quantitative estimate of drug-likeness (QED) is 0.221. The van der Waals surface area contributed by atoms with E-state index in [1.165, 1.54) is 11.1 Å². The fourth-order valence-electron chi connectivity index (χ4n) is 2.72. The maximum absolute atomic E-state index is 6.04. The van der Waals surface area contributed by atoms with Gasteiger partial charge in [0.25, 0.3) is 0 Å². The van der Waals surface area contributed by atoms with Crippen LogP contribution in [0.3, 0.4) is 0 Å². The Morgan fingerprint density at radius 2 is 0.875 bits per heavy atom. The van der Waals surface area contributed by atoms with E-state index in [0.29, 0.717) is 22.9 Å². The van der Waals surface area contributed by atoms with E-state index in [1.807, 2.05) is 0 Å². The van der Waals surface area contributed by atoms with Crippen molar-refractivity contribution in [1.82, 2.24) is 0 Å². The summed E-state index contributed by atoms with van der Waals surface area (Å²) in [5, 5.41) is 0. The molecule has 0 heterocycles. The molecule has 0 N–H and O–H groups in total. The van der Waals surface area contributed by atoms with E-state index in [0.717, 1.165) is 29.4 Å². The van der Waals surface area contributed by atoms with Crippen LogP contribution in [-0.4, -0.2) is 32.5 Å². The molecule has 4 atom stereocenters. The lowest BCUT2D eigenvalue weighted by Gasteiger charge is -2.20. The van der Waals surface area contributed by atoms with Crippen LogP contribution in [0, 0.1) is 0 Å². The van der Waals surface area contributed by atoms with Gasteiger partial charge >= 0.3 is 0 Å². The predicted molar refractivity (Wildman–Crippen MR) is 164 cm³/mol. The second kappa shape index (κ2) is 14.0. The summed E-state index contributed by atoms with van der Waals surface area (Å²) >= 11 is 29.2. The van der Waals surface area contributed by atoms with Crippen molar-refractivity contribution >= 4 is 127 Å². The first-order chi connectivity index (χ1) is 14.9. The molecule has 2 aromatic carbocycles. The van der Waals surface area contributed by atoms with Crippen molar-refractivity contribution in [2.24, 2.45) is 0 Å². The smallest absolute Gasteiger partial charge is 0.147 e. The van der Waals surface area contributed by atoms with Gasteiger partial charge in [0.1, 0.15) is 24.7 Å². The van der Waals surface area contributed by atoms with Crippen molar-refractivity contribution in [3.8, 4) is 11.5 Å². The molecule has 0 aliphatic rings. The fourth-order valence-corrected chi connectivity index (χ4v) is 6.19. The maximum Gasteiger partial charge on any atom is 0.147 e. The minimum absolute atomic E-state index is 0.163. The zero-order chi connectivity index (χ0) is 24.2. The van der Waals surface area contributed by atoms with Crippen LogP contribution < -0.4 is 9.47 Å². The van der Waals surface area contributed by atoms with Gasteiger partial charge in [0.05, 0.1) is 27.5 Å². The zero-order valence-electron chi connectivity index (χ0n) is 17.5. The summed E-state index contributed by atoms with van der Waals surface area (Å²) in [4.78, 5) is 1.05. The molecule has 0 saturated heterocycles. The van der Waals surface area contributed by atoms with Crippen molar-refractivity contribution < 1.29 is 9.47 Å². The first-order valence-electron chi connectivity index (χ1n) is 9.72. The first kappa shape index (κ1) is 30.1. The molecule has 0 saturated carbocycles. The number of ether oxygens (including phenoxy) is 2. The second-order valence-corrected chi connectivity index (χ2v) is 16.0. The van der Waals surface area contributed by atoms with Gasteiger partial charge in [-0.3, -0.25) is 0 Å². The number of halogens is 8. The van der Waals surface area contributed by atoms with Crippen LogP contribution in [0.25, 0.3) is 0 Å². The van der Waals surface area contributed by atoms with Crippen LogP contribution in [0.15, 0.2) is 42.2 Å². The molecule has 4 unspecified atom stereocenters. The summed E-state index contributed by atoms with van der Waals surface area (Å²) in [7, 11) is 0. The van der Waals surface area contributed by atoms with Crippen LogP contribution in [-0.2, 0) is 0 Å². The molecule has 2 rings (SSSR count). The molecule has 32 heavy (non-hydrogen) atoms. The van der Waals surface area contributed by atoms with Gasteiger partial charge in [0, 0.05) is 15.6 Å². The Balaban J connectivity index is 2.22. The molecule has 2 nitrogen and oxygen atoms in total. The van der Waals surface area contributed by atoms with Gasteiger partial charge < -0.3 is 9.47 Å². The average molecular weight is 958 g/mol. The standard InChI is InChI=1S/C22H22Br8O2/c1-10(13-4-15(25)21(16(26)5-13)31-8-19(29)11(2)23)14-6-17(27)22(18(28)7-14)32-9-20(30)12(3)24/h4-7,10-12,19-20H,8-9H2,1-3H3. The summed E-state index contributed by atoms with van der Waals surface area (Å²) in [6, 6.07) is 8.46. The Bertz CT molecular complexity index is 799. The van der Waals surface area contributed by atoms with E-state index < -0.39 is 0 Å². The summed E-state index contributed by atoms with van der Waals surface area (Å²) in [6.45, 7) is 7.48. The molecule has 0 bridgehead atoms. The zero-order valence-corrected chi connectivity index (χ0v) is 30.1. The monoisotopic (exact) mass is 950 g/mol. The van der Waals surface area contributed by atoms with Gasteiger partial charge in [-0.2, -0.15) is 0 Å². The highest BCUT2D eigenvalue weighted by Crippen LogP contribution is 2.42. The van der Waals surface area contributed by atoms with Crippen LogP contribution in [0.4, 0.5) is 0 Å². The fraction of sp³-hybridized carbons (Fsp3) is 0.455. The van der Waals surface area contributed by atoms with Crippen LogP contribution in [0.1, 0.15) is 37.8 Å². The van der Waals surface area contributed by atoms with E-state index in [9.17, 15) is 0 Å². The Hall–Kier alpha value is 1.88. The van der Waals surface area contributed by atoms with E-state index in [1.54, 1.807) is 0 Å². The highest BCUT2D eigenvalue weighted by atomic mass is 79.9. The number of rotatable bonds is 10. The molecule has 0 aliphatic heterocycles.